The molecule has 2 N–H and O–H groups in total. The van der Waals surface area contributed by atoms with E-state index in [1.807, 2.05) is 12.1 Å². The van der Waals surface area contributed by atoms with Gasteiger partial charge in [0.25, 0.3) is 11.7 Å². The minimum Gasteiger partial charge on any atom is -0.453 e. The second-order valence-corrected chi connectivity index (χ2v) is 10.0. The fourth-order valence-corrected chi connectivity index (χ4v) is 5.08. The monoisotopic (exact) mass is 601 g/mol. The van der Waals surface area contributed by atoms with Gasteiger partial charge in [-0.1, -0.05) is 15.9 Å². The van der Waals surface area contributed by atoms with Crippen LogP contribution in [0.15, 0.2) is 47.1 Å². The number of piperazine rings is 1. The van der Waals surface area contributed by atoms with E-state index in [0.717, 1.165) is 9.99 Å². The predicted molar refractivity (Wildman–Crippen MR) is 144 cm³/mol. The Kier molecular flexibility index (Phi) is 7.42. The third kappa shape index (κ3) is 5.39. The first-order valence-corrected chi connectivity index (χ1v) is 13.0. The number of hydrogen-bond donors (Lipinski definition) is 2. The Labute approximate surface area is 230 Å². The number of aromatic nitrogens is 1. The lowest BCUT2D eigenvalue weighted by Gasteiger charge is -2.36. The molecule has 5 rings (SSSR count). The molecule has 3 aromatic rings. The molecule has 3 amide bonds. The number of Topliss-reactive ketones (excluding diaryl/α,β-unsaturated/α-hetero) is 1. The number of hydrogen-bond acceptors (Lipinski definition) is 7. The number of H-pyrrole nitrogens is 1. The SMILES string of the molecule is COC(=O)NC[C@H]1CN(c2ccc(N3CCN(C(=O)C(=O)c4c[nH]c5ccc(Br)cc45)CC3)c(F)c2)C(=O)O1. The number of aromatic amines is 1. The lowest BCUT2D eigenvalue weighted by molar-refractivity contribution is -0.126. The number of halogens is 2. The van der Waals surface area contributed by atoms with Gasteiger partial charge in [0.05, 0.1) is 37.1 Å². The highest BCUT2D eigenvalue weighted by molar-refractivity contribution is 9.10. The fraction of sp³-hybridized carbons (Fsp3) is 0.308. The Morgan fingerprint density at radius 1 is 1.15 bits per heavy atom. The number of ether oxygens (including phenoxy) is 2. The van der Waals surface area contributed by atoms with Crippen molar-refractivity contribution in [2.75, 3.05) is 56.2 Å². The van der Waals surface area contributed by atoms with Crippen LogP contribution in [0.3, 0.4) is 0 Å². The van der Waals surface area contributed by atoms with Gasteiger partial charge in [0.15, 0.2) is 0 Å². The average Bonchev–Trinajstić information content (AvgIpc) is 3.53. The largest absolute Gasteiger partial charge is 0.453 e. The number of alkyl carbamates (subject to hydrolysis) is 1. The molecule has 0 saturated carbocycles. The minimum atomic E-state index is -0.641. The number of anilines is 2. The third-order valence-corrected chi connectivity index (χ3v) is 7.26. The highest BCUT2D eigenvalue weighted by Crippen LogP contribution is 2.29. The van der Waals surface area contributed by atoms with Gasteiger partial charge in [-0.3, -0.25) is 14.5 Å². The first kappa shape index (κ1) is 26.5. The Morgan fingerprint density at radius 2 is 1.92 bits per heavy atom. The zero-order valence-electron chi connectivity index (χ0n) is 20.9. The van der Waals surface area contributed by atoms with Gasteiger partial charge in [-0.25, -0.2) is 14.0 Å². The summed E-state index contributed by atoms with van der Waals surface area (Å²) in [6, 6.07) is 9.91. The normalized spacial score (nSPS) is 17.4. The standard InChI is InChI=1S/C26H25BrFN5O6/c1-38-25(36)30-12-17-14-33(26(37)39-17)16-3-5-22(20(28)11-16)31-6-8-32(9-7-31)24(35)23(34)19-13-29-21-4-2-15(27)10-18(19)21/h2-5,10-11,13,17,29H,6-9,12,14H2,1H3,(H,30,36)/t17-/m0/s1. The van der Waals surface area contributed by atoms with Gasteiger partial charge in [-0.15, -0.1) is 0 Å². The van der Waals surface area contributed by atoms with Crippen molar-refractivity contribution in [3.8, 4) is 0 Å². The number of ketones is 1. The quantitative estimate of drug-likeness (QED) is 0.328. The number of methoxy groups -OCH3 is 1. The van der Waals surface area contributed by atoms with Crippen molar-refractivity contribution < 1.29 is 33.0 Å². The maximum absolute atomic E-state index is 15.1. The lowest BCUT2D eigenvalue weighted by Crippen LogP contribution is -2.50. The van der Waals surface area contributed by atoms with E-state index in [0.29, 0.717) is 35.4 Å². The molecule has 0 bridgehead atoms. The first-order chi connectivity index (χ1) is 18.7. The van der Waals surface area contributed by atoms with Crippen molar-refractivity contribution in [1.82, 2.24) is 15.2 Å². The van der Waals surface area contributed by atoms with E-state index >= 15 is 4.39 Å². The molecule has 39 heavy (non-hydrogen) atoms. The van der Waals surface area contributed by atoms with Gasteiger partial charge >= 0.3 is 12.2 Å². The van der Waals surface area contributed by atoms with Crippen LogP contribution in [-0.4, -0.2) is 86.2 Å². The third-order valence-electron chi connectivity index (χ3n) is 6.77. The first-order valence-electron chi connectivity index (χ1n) is 12.2. The van der Waals surface area contributed by atoms with Crippen molar-refractivity contribution in [3.05, 3.63) is 58.4 Å². The zero-order valence-corrected chi connectivity index (χ0v) is 22.5. The molecule has 2 aliphatic heterocycles. The van der Waals surface area contributed by atoms with E-state index in [1.54, 1.807) is 29.3 Å². The molecular weight excluding hydrogens is 577 g/mol. The molecule has 13 heteroatoms. The average molecular weight is 602 g/mol. The zero-order chi connectivity index (χ0) is 27.7. The summed E-state index contributed by atoms with van der Waals surface area (Å²) in [7, 11) is 1.23. The summed E-state index contributed by atoms with van der Waals surface area (Å²) in [6.07, 6.45) is -0.340. The van der Waals surface area contributed by atoms with E-state index < -0.39 is 35.8 Å². The molecular formula is C26H25BrFN5O6. The fourth-order valence-electron chi connectivity index (χ4n) is 4.72. The molecule has 2 aliphatic rings. The molecule has 0 unspecified atom stereocenters. The maximum atomic E-state index is 15.1. The summed E-state index contributed by atoms with van der Waals surface area (Å²) in [5.74, 6) is -1.73. The van der Waals surface area contributed by atoms with Crippen molar-refractivity contribution in [3.63, 3.8) is 0 Å². The summed E-state index contributed by atoms with van der Waals surface area (Å²) < 4.78 is 25.7. The molecule has 1 aromatic heterocycles. The van der Waals surface area contributed by atoms with Gasteiger partial charge in [0, 0.05) is 47.8 Å². The van der Waals surface area contributed by atoms with E-state index in [9.17, 15) is 19.2 Å². The number of nitrogens with zero attached hydrogens (tertiary/aromatic N) is 3. The van der Waals surface area contributed by atoms with Crippen LogP contribution >= 0.6 is 15.9 Å². The summed E-state index contributed by atoms with van der Waals surface area (Å²) in [6.45, 7) is 1.39. The maximum Gasteiger partial charge on any atom is 0.414 e. The second kappa shape index (κ2) is 10.9. The molecule has 0 spiro atoms. The van der Waals surface area contributed by atoms with Crippen LogP contribution in [0.2, 0.25) is 0 Å². The number of amides is 3. The molecule has 0 aliphatic carbocycles. The smallest absolute Gasteiger partial charge is 0.414 e. The highest BCUT2D eigenvalue weighted by atomic mass is 79.9. The van der Waals surface area contributed by atoms with Gasteiger partial charge in [0.2, 0.25) is 0 Å². The number of carbonyl (C=O) groups is 4. The number of fused-ring (bicyclic) bond motifs is 1. The summed E-state index contributed by atoms with van der Waals surface area (Å²) in [5.41, 5.74) is 1.72. The Bertz CT molecular complexity index is 1450. The van der Waals surface area contributed by atoms with Crippen LogP contribution in [0.4, 0.5) is 25.4 Å². The molecule has 204 valence electrons. The van der Waals surface area contributed by atoms with Crippen LogP contribution in [0.1, 0.15) is 10.4 Å². The highest BCUT2D eigenvalue weighted by Gasteiger charge is 2.34. The van der Waals surface area contributed by atoms with E-state index in [2.05, 4.69) is 31.0 Å². The van der Waals surface area contributed by atoms with E-state index in [-0.39, 0.29) is 26.2 Å². The Balaban J connectivity index is 1.20. The number of rotatable bonds is 6. The van der Waals surface area contributed by atoms with Crippen molar-refractivity contribution in [1.29, 1.82) is 0 Å². The lowest BCUT2D eigenvalue weighted by atomic mass is 10.1. The van der Waals surface area contributed by atoms with Gasteiger partial charge in [-0.05, 0) is 36.4 Å². The van der Waals surface area contributed by atoms with Crippen LogP contribution in [0.25, 0.3) is 10.9 Å². The molecule has 2 fully saturated rings. The van der Waals surface area contributed by atoms with Crippen molar-refractivity contribution >= 4 is 62.1 Å². The number of carbonyl (C=O) groups excluding carboxylic acids is 4. The number of nitrogens with one attached hydrogen (secondary N) is 2. The van der Waals surface area contributed by atoms with Crippen LogP contribution in [0.5, 0.6) is 0 Å². The van der Waals surface area contributed by atoms with Crippen molar-refractivity contribution in [2.24, 2.45) is 0 Å². The molecule has 0 radical (unpaired) electrons. The Hall–Kier alpha value is -4.13. The van der Waals surface area contributed by atoms with Gasteiger partial charge < -0.3 is 29.6 Å². The van der Waals surface area contributed by atoms with Crippen LogP contribution in [0, 0.1) is 5.82 Å². The number of benzene rings is 2. The molecule has 1 atom stereocenters. The van der Waals surface area contributed by atoms with E-state index in [4.69, 9.17) is 4.74 Å². The molecule has 3 heterocycles. The molecule has 11 nitrogen and oxygen atoms in total. The topological polar surface area (TPSA) is 124 Å². The molecule has 2 aromatic carbocycles. The van der Waals surface area contributed by atoms with Crippen LogP contribution in [-0.2, 0) is 14.3 Å². The summed E-state index contributed by atoms with van der Waals surface area (Å²) in [4.78, 5) is 57.1. The van der Waals surface area contributed by atoms with Gasteiger partial charge in [0.1, 0.15) is 11.9 Å². The van der Waals surface area contributed by atoms with Crippen LogP contribution < -0.4 is 15.1 Å². The Morgan fingerprint density at radius 3 is 2.64 bits per heavy atom. The number of cyclic esters (lactones) is 1. The molecule has 2 saturated heterocycles. The van der Waals surface area contributed by atoms with E-state index in [1.165, 1.54) is 23.0 Å². The minimum absolute atomic E-state index is 0.0683. The predicted octanol–water partition coefficient (Wildman–Crippen LogP) is 3.28. The summed E-state index contributed by atoms with van der Waals surface area (Å²) in [5, 5.41) is 3.13. The second-order valence-electron chi connectivity index (χ2n) is 9.13. The summed E-state index contributed by atoms with van der Waals surface area (Å²) >= 11 is 3.39. The van der Waals surface area contributed by atoms with Crippen molar-refractivity contribution in [2.45, 2.75) is 6.10 Å². The van der Waals surface area contributed by atoms with Gasteiger partial charge in [-0.2, -0.15) is 0 Å².